The number of carbonyl (C=O) groups is 1. The number of rotatable bonds is 9. The Bertz CT molecular complexity index is 824. The summed E-state index contributed by atoms with van der Waals surface area (Å²) in [4.78, 5) is 19.1. The SMILES string of the molecule is NC(=O)c1ccc2nc(CCCCCCCc3ccccc3)[nH]c2c1. The Hall–Kier alpha value is -2.62. The van der Waals surface area contributed by atoms with Crippen LogP contribution in [0.3, 0.4) is 0 Å². The van der Waals surface area contributed by atoms with Crippen molar-refractivity contribution >= 4 is 16.9 Å². The molecule has 0 fully saturated rings. The molecule has 1 aromatic heterocycles. The molecule has 1 amide bonds. The van der Waals surface area contributed by atoms with Gasteiger partial charge >= 0.3 is 0 Å². The van der Waals surface area contributed by atoms with Crippen molar-refractivity contribution in [3.63, 3.8) is 0 Å². The number of hydrogen-bond donors (Lipinski definition) is 2. The van der Waals surface area contributed by atoms with Gasteiger partial charge in [-0.1, -0.05) is 49.6 Å². The van der Waals surface area contributed by atoms with E-state index in [4.69, 9.17) is 5.73 Å². The molecule has 2 aromatic carbocycles. The quantitative estimate of drug-likeness (QED) is 0.569. The number of H-pyrrole nitrogens is 1. The van der Waals surface area contributed by atoms with E-state index in [0.29, 0.717) is 5.56 Å². The normalized spacial score (nSPS) is 11.0. The summed E-state index contributed by atoms with van der Waals surface area (Å²) in [7, 11) is 0. The summed E-state index contributed by atoms with van der Waals surface area (Å²) in [5, 5.41) is 0. The van der Waals surface area contributed by atoms with Gasteiger partial charge in [0, 0.05) is 12.0 Å². The molecule has 0 saturated heterocycles. The van der Waals surface area contributed by atoms with Crippen LogP contribution in [-0.2, 0) is 12.8 Å². The van der Waals surface area contributed by atoms with E-state index in [0.717, 1.165) is 29.7 Å². The van der Waals surface area contributed by atoms with Gasteiger partial charge in [-0.2, -0.15) is 0 Å². The lowest BCUT2D eigenvalue weighted by Gasteiger charge is -2.02. The van der Waals surface area contributed by atoms with Gasteiger partial charge in [0.15, 0.2) is 0 Å². The van der Waals surface area contributed by atoms with Gasteiger partial charge in [0.2, 0.25) is 5.91 Å². The number of nitrogens with zero attached hydrogens (tertiary/aromatic N) is 1. The summed E-state index contributed by atoms with van der Waals surface area (Å²) in [6.45, 7) is 0. The Labute approximate surface area is 148 Å². The van der Waals surface area contributed by atoms with Crippen molar-refractivity contribution in [1.29, 1.82) is 0 Å². The smallest absolute Gasteiger partial charge is 0.248 e. The van der Waals surface area contributed by atoms with Gasteiger partial charge < -0.3 is 10.7 Å². The molecule has 3 rings (SSSR count). The lowest BCUT2D eigenvalue weighted by atomic mass is 10.0. The lowest BCUT2D eigenvalue weighted by molar-refractivity contribution is 0.100. The number of carbonyl (C=O) groups excluding carboxylic acids is 1. The summed E-state index contributed by atoms with van der Waals surface area (Å²) in [5.74, 6) is 0.578. The van der Waals surface area contributed by atoms with E-state index in [1.54, 1.807) is 12.1 Å². The summed E-state index contributed by atoms with van der Waals surface area (Å²) >= 11 is 0. The molecule has 0 aliphatic carbocycles. The van der Waals surface area contributed by atoms with Crippen LogP contribution in [0.25, 0.3) is 11.0 Å². The largest absolute Gasteiger partial charge is 0.366 e. The summed E-state index contributed by atoms with van der Waals surface area (Å²) in [5.41, 5.74) is 9.03. The van der Waals surface area contributed by atoms with Crippen molar-refractivity contribution in [2.45, 2.75) is 44.9 Å². The van der Waals surface area contributed by atoms with Gasteiger partial charge in [0.25, 0.3) is 0 Å². The molecule has 3 N–H and O–H groups in total. The molecule has 0 spiro atoms. The Morgan fingerprint density at radius 2 is 1.64 bits per heavy atom. The Balaban J connectivity index is 1.37. The first kappa shape index (κ1) is 17.2. The fraction of sp³-hybridized carbons (Fsp3) is 0.333. The molecule has 4 heteroatoms. The predicted octanol–water partition coefficient (Wildman–Crippen LogP) is 4.40. The van der Waals surface area contributed by atoms with Gasteiger partial charge in [0.1, 0.15) is 5.82 Å². The molecule has 0 radical (unpaired) electrons. The second-order valence-electron chi connectivity index (χ2n) is 6.53. The summed E-state index contributed by atoms with van der Waals surface area (Å²) < 4.78 is 0. The van der Waals surface area contributed by atoms with E-state index >= 15 is 0 Å². The third-order valence-electron chi connectivity index (χ3n) is 4.54. The average molecular weight is 335 g/mol. The number of unbranched alkanes of at least 4 members (excludes halogenated alkanes) is 4. The topological polar surface area (TPSA) is 71.8 Å². The lowest BCUT2D eigenvalue weighted by Crippen LogP contribution is -2.10. The van der Waals surface area contributed by atoms with Gasteiger partial charge in [-0.25, -0.2) is 4.98 Å². The van der Waals surface area contributed by atoms with Crippen molar-refractivity contribution in [1.82, 2.24) is 9.97 Å². The maximum absolute atomic E-state index is 11.2. The number of primary amides is 1. The van der Waals surface area contributed by atoms with Crippen molar-refractivity contribution < 1.29 is 4.79 Å². The highest BCUT2D eigenvalue weighted by molar-refractivity contribution is 5.96. The number of aromatic amines is 1. The van der Waals surface area contributed by atoms with Gasteiger partial charge in [-0.15, -0.1) is 0 Å². The van der Waals surface area contributed by atoms with E-state index in [1.807, 2.05) is 6.07 Å². The van der Waals surface area contributed by atoms with Crippen LogP contribution < -0.4 is 5.73 Å². The van der Waals surface area contributed by atoms with Crippen molar-refractivity contribution in [2.24, 2.45) is 5.73 Å². The van der Waals surface area contributed by atoms with Gasteiger partial charge in [0.05, 0.1) is 11.0 Å². The van der Waals surface area contributed by atoms with Crippen LogP contribution >= 0.6 is 0 Å². The standard InChI is InChI=1S/C21H25N3O/c22-21(25)17-13-14-18-19(15-17)24-20(23-18)12-8-3-1-2-5-9-16-10-6-4-7-11-16/h4,6-7,10-11,13-15H,1-3,5,8-9,12H2,(H2,22,25)(H,23,24). The fourth-order valence-electron chi connectivity index (χ4n) is 3.13. The van der Waals surface area contributed by atoms with Crippen molar-refractivity contribution in [3.05, 3.63) is 65.5 Å². The monoisotopic (exact) mass is 335 g/mol. The number of imidazole rings is 1. The van der Waals surface area contributed by atoms with Crippen LogP contribution in [0, 0.1) is 0 Å². The van der Waals surface area contributed by atoms with E-state index in [-0.39, 0.29) is 0 Å². The third-order valence-corrected chi connectivity index (χ3v) is 4.54. The number of fused-ring (bicyclic) bond motifs is 1. The number of amides is 1. The van der Waals surface area contributed by atoms with E-state index in [1.165, 1.54) is 37.7 Å². The second kappa shape index (κ2) is 8.47. The zero-order valence-corrected chi connectivity index (χ0v) is 14.5. The van der Waals surface area contributed by atoms with E-state index in [9.17, 15) is 4.79 Å². The zero-order chi connectivity index (χ0) is 17.5. The van der Waals surface area contributed by atoms with Crippen LogP contribution in [0.4, 0.5) is 0 Å². The Morgan fingerprint density at radius 3 is 2.40 bits per heavy atom. The molecule has 0 saturated carbocycles. The first-order valence-corrected chi connectivity index (χ1v) is 9.05. The molecule has 0 bridgehead atoms. The van der Waals surface area contributed by atoms with Crippen LogP contribution in [0.2, 0.25) is 0 Å². The zero-order valence-electron chi connectivity index (χ0n) is 14.5. The summed E-state index contributed by atoms with van der Waals surface area (Å²) in [6, 6.07) is 16.0. The number of nitrogens with two attached hydrogens (primary N) is 1. The van der Waals surface area contributed by atoms with Crippen molar-refractivity contribution in [3.8, 4) is 0 Å². The van der Waals surface area contributed by atoms with E-state index in [2.05, 4.69) is 40.3 Å². The fourth-order valence-corrected chi connectivity index (χ4v) is 3.13. The van der Waals surface area contributed by atoms with Gasteiger partial charge in [-0.05, 0) is 43.0 Å². The highest BCUT2D eigenvalue weighted by atomic mass is 16.1. The second-order valence-corrected chi connectivity index (χ2v) is 6.53. The first-order chi connectivity index (χ1) is 12.2. The molecule has 0 unspecified atom stereocenters. The molecular weight excluding hydrogens is 310 g/mol. The first-order valence-electron chi connectivity index (χ1n) is 9.05. The number of benzene rings is 2. The maximum Gasteiger partial charge on any atom is 0.248 e. The number of nitrogens with one attached hydrogen (secondary N) is 1. The minimum Gasteiger partial charge on any atom is -0.366 e. The molecular formula is C21H25N3O. The number of aryl methyl sites for hydroxylation is 2. The molecule has 0 aliphatic heterocycles. The third kappa shape index (κ3) is 4.92. The molecule has 3 aromatic rings. The minimum atomic E-state index is -0.409. The van der Waals surface area contributed by atoms with Crippen LogP contribution in [0.1, 0.15) is 53.8 Å². The molecule has 4 nitrogen and oxygen atoms in total. The highest BCUT2D eigenvalue weighted by Gasteiger charge is 2.06. The highest BCUT2D eigenvalue weighted by Crippen LogP contribution is 2.16. The van der Waals surface area contributed by atoms with Crippen LogP contribution in [0.15, 0.2) is 48.5 Å². The van der Waals surface area contributed by atoms with Gasteiger partial charge in [-0.3, -0.25) is 4.79 Å². The molecule has 25 heavy (non-hydrogen) atoms. The van der Waals surface area contributed by atoms with Crippen LogP contribution in [-0.4, -0.2) is 15.9 Å². The molecule has 1 heterocycles. The predicted molar refractivity (Wildman–Crippen MR) is 102 cm³/mol. The summed E-state index contributed by atoms with van der Waals surface area (Å²) in [6.07, 6.45) is 8.26. The molecule has 0 aliphatic rings. The van der Waals surface area contributed by atoms with Crippen LogP contribution in [0.5, 0.6) is 0 Å². The number of hydrogen-bond acceptors (Lipinski definition) is 2. The number of aromatic nitrogens is 2. The molecule has 130 valence electrons. The Morgan fingerprint density at radius 1 is 0.920 bits per heavy atom. The van der Waals surface area contributed by atoms with Crippen molar-refractivity contribution in [2.75, 3.05) is 0 Å². The Kier molecular flexibility index (Phi) is 5.83. The molecule has 0 atom stereocenters. The minimum absolute atomic E-state index is 0.409. The van der Waals surface area contributed by atoms with E-state index < -0.39 is 5.91 Å². The average Bonchev–Trinajstić information content (AvgIpc) is 3.03. The maximum atomic E-state index is 11.2.